The number of fused-ring (bicyclic) bond motifs is 2. The second-order valence-electron chi connectivity index (χ2n) is 5.33. The van der Waals surface area contributed by atoms with Crippen LogP contribution in [0.4, 0.5) is 0 Å². The van der Waals surface area contributed by atoms with Crippen LogP contribution in [0.5, 0.6) is 0 Å². The fourth-order valence-electron chi connectivity index (χ4n) is 3.19. The van der Waals surface area contributed by atoms with E-state index in [4.69, 9.17) is 0 Å². The molecule has 1 nitrogen and oxygen atoms in total. The first kappa shape index (κ1) is 8.55. The van der Waals surface area contributed by atoms with Crippen LogP contribution in [-0.4, -0.2) is 24.0 Å². The van der Waals surface area contributed by atoms with Gasteiger partial charge in [0, 0.05) is 12.1 Å². The average molecular weight is 167 g/mol. The van der Waals surface area contributed by atoms with E-state index in [0.29, 0.717) is 5.41 Å². The van der Waals surface area contributed by atoms with E-state index in [1.807, 2.05) is 0 Å². The molecule has 0 spiro atoms. The van der Waals surface area contributed by atoms with Gasteiger partial charge in [-0.3, -0.25) is 0 Å². The lowest BCUT2D eigenvalue weighted by Gasteiger charge is -2.48. The van der Waals surface area contributed by atoms with Crippen LogP contribution >= 0.6 is 0 Å². The minimum Gasteiger partial charge on any atom is -0.300 e. The molecule has 0 aromatic carbocycles. The number of piperidine rings is 1. The normalized spacial score (nSPS) is 46.5. The highest BCUT2D eigenvalue weighted by Gasteiger charge is 2.47. The zero-order valence-corrected chi connectivity index (χ0v) is 8.80. The van der Waals surface area contributed by atoms with E-state index in [-0.39, 0.29) is 0 Å². The Hall–Kier alpha value is -0.0400. The SMILES string of the molecule is CC1N(C)C2CCC(C2)C1(C)C. The molecule has 0 aromatic heterocycles. The molecule has 2 bridgehead atoms. The highest BCUT2D eigenvalue weighted by Crippen LogP contribution is 2.49. The molecule has 3 atom stereocenters. The van der Waals surface area contributed by atoms with Crippen molar-refractivity contribution in [1.82, 2.24) is 4.90 Å². The summed E-state index contributed by atoms with van der Waals surface area (Å²) in [6.45, 7) is 7.28. The molecular weight excluding hydrogens is 146 g/mol. The van der Waals surface area contributed by atoms with E-state index < -0.39 is 0 Å². The lowest BCUT2D eigenvalue weighted by molar-refractivity contribution is 0.0116. The molecule has 2 fully saturated rings. The van der Waals surface area contributed by atoms with Crippen LogP contribution in [0.1, 0.15) is 40.0 Å². The molecule has 0 N–H and O–H groups in total. The fraction of sp³-hybridized carbons (Fsp3) is 1.00. The summed E-state index contributed by atoms with van der Waals surface area (Å²) in [5, 5.41) is 0. The third-order valence-electron chi connectivity index (χ3n) is 4.72. The molecule has 1 aliphatic carbocycles. The highest BCUT2D eigenvalue weighted by molar-refractivity contribution is 5.00. The fourth-order valence-corrected chi connectivity index (χ4v) is 3.19. The van der Waals surface area contributed by atoms with Gasteiger partial charge in [-0.2, -0.15) is 0 Å². The van der Waals surface area contributed by atoms with Crippen molar-refractivity contribution in [1.29, 1.82) is 0 Å². The summed E-state index contributed by atoms with van der Waals surface area (Å²) in [6, 6.07) is 1.67. The molecule has 1 heterocycles. The predicted molar refractivity (Wildman–Crippen MR) is 52.1 cm³/mol. The third kappa shape index (κ3) is 0.953. The molecule has 1 saturated carbocycles. The Labute approximate surface area is 76.1 Å². The maximum atomic E-state index is 2.60. The molecule has 1 aliphatic heterocycles. The molecule has 1 saturated heterocycles. The number of likely N-dealkylation sites (tertiary alicyclic amines) is 1. The summed E-state index contributed by atoms with van der Waals surface area (Å²) in [5.41, 5.74) is 0.543. The molecule has 70 valence electrons. The molecule has 0 amide bonds. The van der Waals surface area contributed by atoms with Crippen LogP contribution in [0.3, 0.4) is 0 Å². The zero-order chi connectivity index (χ0) is 8.93. The van der Waals surface area contributed by atoms with Crippen molar-refractivity contribution >= 4 is 0 Å². The van der Waals surface area contributed by atoms with Crippen molar-refractivity contribution in [2.45, 2.75) is 52.1 Å². The van der Waals surface area contributed by atoms with E-state index >= 15 is 0 Å². The first-order valence-corrected chi connectivity index (χ1v) is 5.25. The molecular formula is C11H21N. The van der Waals surface area contributed by atoms with Gasteiger partial charge in [-0.15, -0.1) is 0 Å². The molecule has 0 aromatic rings. The Kier molecular flexibility index (Phi) is 1.76. The summed E-state index contributed by atoms with van der Waals surface area (Å²) in [5.74, 6) is 0.994. The molecule has 0 radical (unpaired) electrons. The van der Waals surface area contributed by atoms with Crippen LogP contribution in [-0.2, 0) is 0 Å². The predicted octanol–water partition coefficient (Wildman–Crippen LogP) is 2.52. The van der Waals surface area contributed by atoms with Gasteiger partial charge in [0.25, 0.3) is 0 Å². The Morgan fingerprint density at radius 3 is 2.58 bits per heavy atom. The molecule has 2 rings (SSSR count). The largest absolute Gasteiger partial charge is 0.300 e. The van der Waals surface area contributed by atoms with Crippen LogP contribution < -0.4 is 0 Å². The maximum absolute atomic E-state index is 2.60. The minimum atomic E-state index is 0.543. The molecule has 12 heavy (non-hydrogen) atoms. The maximum Gasteiger partial charge on any atom is 0.0121 e. The van der Waals surface area contributed by atoms with Crippen molar-refractivity contribution in [3.05, 3.63) is 0 Å². The number of hydrogen-bond donors (Lipinski definition) is 0. The van der Waals surface area contributed by atoms with E-state index in [1.165, 1.54) is 19.3 Å². The monoisotopic (exact) mass is 167 g/mol. The summed E-state index contributed by atoms with van der Waals surface area (Å²) in [6.07, 6.45) is 4.36. The van der Waals surface area contributed by atoms with Crippen LogP contribution in [0.25, 0.3) is 0 Å². The van der Waals surface area contributed by atoms with Gasteiger partial charge in [0.15, 0.2) is 0 Å². The quantitative estimate of drug-likeness (QED) is 0.536. The minimum absolute atomic E-state index is 0.543. The van der Waals surface area contributed by atoms with Gasteiger partial charge in [0.2, 0.25) is 0 Å². The van der Waals surface area contributed by atoms with Crippen molar-refractivity contribution in [2.24, 2.45) is 11.3 Å². The van der Waals surface area contributed by atoms with E-state index in [0.717, 1.165) is 18.0 Å². The van der Waals surface area contributed by atoms with Crippen LogP contribution in [0, 0.1) is 11.3 Å². The molecule has 3 unspecified atom stereocenters. The van der Waals surface area contributed by atoms with Gasteiger partial charge in [-0.1, -0.05) is 13.8 Å². The van der Waals surface area contributed by atoms with Gasteiger partial charge in [-0.25, -0.2) is 0 Å². The second kappa shape index (κ2) is 2.47. The lowest BCUT2D eigenvalue weighted by Crippen LogP contribution is -2.51. The van der Waals surface area contributed by atoms with Gasteiger partial charge < -0.3 is 4.90 Å². The third-order valence-corrected chi connectivity index (χ3v) is 4.72. The van der Waals surface area contributed by atoms with Crippen molar-refractivity contribution in [2.75, 3.05) is 7.05 Å². The summed E-state index contributed by atoms with van der Waals surface area (Å²) in [4.78, 5) is 2.60. The number of nitrogens with zero attached hydrogens (tertiary/aromatic N) is 1. The number of hydrogen-bond acceptors (Lipinski definition) is 1. The second-order valence-corrected chi connectivity index (χ2v) is 5.33. The van der Waals surface area contributed by atoms with E-state index in [2.05, 4.69) is 32.7 Å². The molecule has 1 heteroatoms. The average Bonchev–Trinajstić information content (AvgIpc) is 2.46. The first-order chi connectivity index (χ1) is 5.53. The number of rotatable bonds is 0. The zero-order valence-electron chi connectivity index (χ0n) is 8.80. The lowest BCUT2D eigenvalue weighted by atomic mass is 9.70. The standard InChI is InChI=1S/C11H21N/c1-8-11(2,3)9-5-6-10(7-9)12(8)4/h8-10H,5-7H2,1-4H3. The van der Waals surface area contributed by atoms with Gasteiger partial charge in [0.05, 0.1) is 0 Å². The van der Waals surface area contributed by atoms with Gasteiger partial charge >= 0.3 is 0 Å². The molecule has 2 aliphatic rings. The van der Waals surface area contributed by atoms with Crippen LogP contribution in [0.15, 0.2) is 0 Å². The topological polar surface area (TPSA) is 3.24 Å². The summed E-state index contributed by atoms with van der Waals surface area (Å²) in [7, 11) is 2.30. The summed E-state index contributed by atoms with van der Waals surface area (Å²) < 4.78 is 0. The Bertz CT molecular complexity index is 185. The Balaban J connectivity index is 2.26. The van der Waals surface area contributed by atoms with Crippen molar-refractivity contribution in [3.63, 3.8) is 0 Å². The smallest absolute Gasteiger partial charge is 0.0121 e. The van der Waals surface area contributed by atoms with Gasteiger partial charge in [-0.05, 0) is 44.6 Å². The first-order valence-electron chi connectivity index (χ1n) is 5.25. The van der Waals surface area contributed by atoms with Gasteiger partial charge in [0.1, 0.15) is 0 Å². The Morgan fingerprint density at radius 1 is 1.25 bits per heavy atom. The summed E-state index contributed by atoms with van der Waals surface area (Å²) >= 11 is 0. The van der Waals surface area contributed by atoms with Crippen molar-refractivity contribution < 1.29 is 0 Å². The Morgan fingerprint density at radius 2 is 1.92 bits per heavy atom. The van der Waals surface area contributed by atoms with Crippen LogP contribution in [0.2, 0.25) is 0 Å². The highest BCUT2D eigenvalue weighted by atomic mass is 15.2. The van der Waals surface area contributed by atoms with E-state index in [1.54, 1.807) is 0 Å². The van der Waals surface area contributed by atoms with E-state index in [9.17, 15) is 0 Å². The van der Waals surface area contributed by atoms with Crippen molar-refractivity contribution in [3.8, 4) is 0 Å².